The lowest BCUT2D eigenvalue weighted by Gasteiger charge is -2.14. The van der Waals surface area contributed by atoms with Gasteiger partial charge in [0.05, 0.1) is 18.3 Å². The highest BCUT2D eigenvalue weighted by molar-refractivity contribution is 5.94. The van der Waals surface area contributed by atoms with Crippen LogP contribution in [0.4, 0.5) is 14.9 Å². The summed E-state index contributed by atoms with van der Waals surface area (Å²) < 4.78 is 18.4. The number of hydrogen-bond donors (Lipinski definition) is 3. The van der Waals surface area contributed by atoms with Gasteiger partial charge < -0.3 is 21.1 Å². The summed E-state index contributed by atoms with van der Waals surface area (Å²) in [5.74, 6) is -1.46. The fraction of sp³-hybridized carbons (Fsp3) is 0.333. The van der Waals surface area contributed by atoms with Gasteiger partial charge in [0.15, 0.2) is 0 Å². The van der Waals surface area contributed by atoms with E-state index in [4.69, 9.17) is 10.5 Å². The molecule has 0 fully saturated rings. The van der Waals surface area contributed by atoms with E-state index in [1.54, 1.807) is 6.92 Å². The predicted octanol–water partition coefficient (Wildman–Crippen LogP) is 1.08. The molecule has 3 amide bonds. The number of primary amides is 1. The Balaban J connectivity index is 2.67. The Kier molecular flexibility index (Phi) is 5.25. The van der Waals surface area contributed by atoms with Gasteiger partial charge in [0.2, 0.25) is 5.91 Å². The van der Waals surface area contributed by atoms with Gasteiger partial charge in [-0.2, -0.15) is 0 Å². The monoisotopic (exact) mass is 269 g/mol. The molecule has 0 bridgehead atoms. The number of anilines is 1. The molecule has 104 valence electrons. The molecule has 1 atom stereocenters. The zero-order valence-corrected chi connectivity index (χ0v) is 10.7. The first kappa shape index (κ1) is 14.9. The van der Waals surface area contributed by atoms with Gasteiger partial charge in [-0.15, -0.1) is 0 Å². The molecular weight excluding hydrogens is 253 g/mol. The molecule has 0 spiro atoms. The van der Waals surface area contributed by atoms with E-state index in [1.165, 1.54) is 19.2 Å². The Bertz CT molecular complexity index is 479. The molecule has 0 aliphatic carbocycles. The number of nitrogens with one attached hydrogen (secondary N) is 2. The number of rotatable bonds is 5. The smallest absolute Gasteiger partial charge is 0.319 e. The van der Waals surface area contributed by atoms with Crippen molar-refractivity contribution in [2.24, 2.45) is 5.73 Å². The molecule has 0 aliphatic heterocycles. The Morgan fingerprint density at radius 2 is 2.16 bits per heavy atom. The van der Waals surface area contributed by atoms with Crippen LogP contribution >= 0.6 is 0 Å². The summed E-state index contributed by atoms with van der Waals surface area (Å²) in [6, 6.07) is 2.81. The van der Waals surface area contributed by atoms with E-state index in [2.05, 4.69) is 10.6 Å². The standard InChI is InChI=1S/C12H16FN3O3/c1-7(6-19-2)15-12(18)16-10-4-3-8(11(14)17)5-9(10)13/h3-5,7H,6H2,1-2H3,(H2,14,17)(H2,15,16,18)/t7-/m0/s1. The van der Waals surface area contributed by atoms with E-state index in [1.807, 2.05) is 0 Å². The highest BCUT2D eigenvalue weighted by Crippen LogP contribution is 2.15. The SMILES string of the molecule is COC[C@H](C)NC(=O)Nc1ccc(C(N)=O)cc1F. The topological polar surface area (TPSA) is 93.4 Å². The van der Waals surface area contributed by atoms with Crippen LogP contribution < -0.4 is 16.4 Å². The number of amides is 3. The highest BCUT2D eigenvalue weighted by Gasteiger charge is 2.11. The molecule has 0 saturated carbocycles. The predicted molar refractivity (Wildman–Crippen MR) is 68.4 cm³/mol. The van der Waals surface area contributed by atoms with Crippen molar-refractivity contribution in [3.8, 4) is 0 Å². The minimum Gasteiger partial charge on any atom is -0.383 e. The molecule has 0 saturated heterocycles. The summed E-state index contributed by atoms with van der Waals surface area (Å²) in [6.45, 7) is 2.09. The van der Waals surface area contributed by atoms with E-state index < -0.39 is 17.8 Å². The van der Waals surface area contributed by atoms with Crippen molar-refractivity contribution in [3.05, 3.63) is 29.6 Å². The van der Waals surface area contributed by atoms with Crippen molar-refractivity contribution in [3.63, 3.8) is 0 Å². The maximum Gasteiger partial charge on any atom is 0.319 e. The minimum atomic E-state index is -0.733. The number of halogens is 1. The molecule has 7 heteroatoms. The molecule has 0 radical (unpaired) electrons. The molecule has 1 rings (SSSR count). The molecule has 0 aliphatic rings. The van der Waals surface area contributed by atoms with Crippen LogP contribution in [0.25, 0.3) is 0 Å². The molecule has 6 nitrogen and oxygen atoms in total. The number of methoxy groups -OCH3 is 1. The number of nitrogens with two attached hydrogens (primary N) is 1. The summed E-state index contributed by atoms with van der Waals surface area (Å²) >= 11 is 0. The van der Waals surface area contributed by atoms with Crippen LogP contribution in [-0.4, -0.2) is 31.7 Å². The van der Waals surface area contributed by atoms with Crippen LogP contribution in [0.15, 0.2) is 18.2 Å². The van der Waals surface area contributed by atoms with Crippen molar-refractivity contribution in [2.45, 2.75) is 13.0 Å². The van der Waals surface area contributed by atoms with E-state index >= 15 is 0 Å². The van der Waals surface area contributed by atoms with Gasteiger partial charge in [-0.25, -0.2) is 9.18 Å². The largest absolute Gasteiger partial charge is 0.383 e. The second-order valence-electron chi connectivity index (χ2n) is 4.01. The number of ether oxygens (including phenoxy) is 1. The summed E-state index contributed by atoms with van der Waals surface area (Å²) in [6.07, 6.45) is 0. The van der Waals surface area contributed by atoms with Gasteiger partial charge in [-0.1, -0.05) is 0 Å². The van der Waals surface area contributed by atoms with Crippen LogP contribution in [0.3, 0.4) is 0 Å². The van der Waals surface area contributed by atoms with Crippen LogP contribution in [-0.2, 0) is 4.74 Å². The number of urea groups is 1. The zero-order valence-electron chi connectivity index (χ0n) is 10.7. The number of hydrogen-bond acceptors (Lipinski definition) is 3. The van der Waals surface area contributed by atoms with Crippen LogP contribution in [0.1, 0.15) is 17.3 Å². The number of carbonyl (C=O) groups excluding carboxylic acids is 2. The highest BCUT2D eigenvalue weighted by atomic mass is 19.1. The van der Waals surface area contributed by atoms with Crippen molar-refractivity contribution < 1.29 is 18.7 Å². The molecule has 4 N–H and O–H groups in total. The lowest BCUT2D eigenvalue weighted by molar-refractivity contribution is 0.1000. The number of benzene rings is 1. The first-order valence-electron chi connectivity index (χ1n) is 5.60. The summed E-state index contributed by atoms with van der Waals surface area (Å²) in [7, 11) is 1.51. The van der Waals surface area contributed by atoms with E-state index in [9.17, 15) is 14.0 Å². The molecule has 19 heavy (non-hydrogen) atoms. The number of carbonyl (C=O) groups is 2. The maximum atomic E-state index is 13.6. The average molecular weight is 269 g/mol. The van der Waals surface area contributed by atoms with Crippen molar-refractivity contribution in [1.29, 1.82) is 0 Å². The summed E-state index contributed by atoms with van der Waals surface area (Å²) in [5.41, 5.74) is 5.02. The van der Waals surface area contributed by atoms with Crippen molar-refractivity contribution in [1.82, 2.24) is 5.32 Å². The van der Waals surface area contributed by atoms with Gasteiger partial charge in [0.25, 0.3) is 0 Å². The maximum absolute atomic E-state index is 13.6. The molecule has 1 aromatic carbocycles. The lowest BCUT2D eigenvalue weighted by Crippen LogP contribution is -2.38. The molecular formula is C12H16FN3O3. The Morgan fingerprint density at radius 1 is 1.47 bits per heavy atom. The quantitative estimate of drug-likeness (QED) is 0.746. The molecule has 0 heterocycles. The average Bonchev–Trinajstić information content (AvgIpc) is 2.31. The van der Waals surface area contributed by atoms with E-state index in [-0.39, 0.29) is 17.3 Å². The third-order valence-corrected chi connectivity index (χ3v) is 2.30. The van der Waals surface area contributed by atoms with Gasteiger partial charge >= 0.3 is 6.03 Å². The van der Waals surface area contributed by atoms with Crippen LogP contribution in [0.5, 0.6) is 0 Å². The summed E-state index contributed by atoms with van der Waals surface area (Å²) in [5, 5.41) is 4.89. The molecule has 0 aromatic heterocycles. The van der Waals surface area contributed by atoms with Gasteiger partial charge in [-0.05, 0) is 25.1 Å². The molecule has 1 aromatic rings. The Morgan fingerprint density at radius 3 is 2.68 bits per heavy atom. The lowest BCUT2D eigenvalue weighted by atomic mass is 10.2. The van der Waals surface area contributed by atoms with Crippen molar-refractivity contribution >= 4 is 17.6 Å². The van der Waals surface area contributed by atoms with E-state index in [0.29, 0.717) is 6.61 Å². The van der Waals surface area contributed by atoms with Crippen molar-refractivity contribution in [2.75, 3.05) is 19.0 Å². The van der Waals surface area contributed by atoms with Crippen LogP contribution in [0, 0.1) is 5.82 Å². The second-order valence-corrected chi connectivity index (χ2v) is 4.01. The van der Waals surface area contributed by atoms with Gasteiger partial charge in [0.1, 0.15) is 5.82 Å². The third kappa shape index (κ3) is 4.55. The zero-order chi connectivity index (χ0) is 14.4. The first-order valence-corrected chi connectivity index (χ1v) is 5.60. The fourth-order valence-electron chi connectivity index (χ4n) is 1.44. The van der Waals surface area contributed by atoms with E-state index in [0.717, 1.165) is 6.07 Å². The summed E-state index contributed by atoms with van der Waals surface area (Å²) in [4.78, 5) is 22.4. The first-order chi connectivity index (χ1) is 8.93. The Hall–Kier alpha value is -2.15. The second kappa shape index (κ2) is 6.69. The Labute approximate surface area is 110 Å². The molecule has 0 unspecified atom stereocenters. The third-order valence-electron chi connectivity index (χ3n) is 2.30. The minimum absolute atomic E-state index is 0.0351. The normalized spacial score (nSPS) is 11.7. The fourth-order valence-corrected chi connectivity index (χ4v) is 1.44. The van der Waals surface area contributed by atoms with Gasteiger partial charge in [0, 0.05) is 12.7 Å². The van der Waals surface area contributed by atoms with Gasteiger partial charge in [-0.3, -0.25) is 4.79 Å². The van der Waals surface area contributed by atoms with Crippen LogP contribution in [0.2, 0.25) is 0 Å².